The van der Waals surface area contributed by atoms with E-state index >= 15 is 0 Å². The molecule has 2 bridgehead atoms. The van der Waals surface area contributed by atoms with Crippen LogP contribution in [0.3, 0.4) is 0 Å². The lowest BCUT2D eigenvalue weighted by molar-refractivity contribution is -0.337. The number of morpholine rings is 1. The van der Waals surface area contributed by atoms with E-state index in [4.69, 9.17) is 10.5 Å². The summed E-state index contributed by atoms with van der Waals surface area (Å²) in [5, 5.41) is 13.5. The first-order chi connectivity index (χ1) is 15.5. The largest absolute Gasteiger partial charge is 0.394 e. The molecule has 2 aromatic rings. The van der Waals surface area contributed by atoms with Gasteiger partial charge in [0, 0.05) is 29.3 Å². The van der Waals surface area contributed by atoms with Crippen molar-refractivity contribution in [3.8, 4) is 0 Å². The summed E-state index contributed by atoms with van der Waals surface area (Å²) < 4.78 is 72.3. The van der Waals surface area contributed by atoms with E-state index < -0.39 is 36.3 Å². The molecular formula is C20H23F5N6O2. The molecule has 8 nitrogen and oxygen atoms in total. The lowest BCUT2D eigenvalue weighted by Crippen LogP contribution is -2.71. The number of nitrogen functional groups attached to an aromatic ring is 1. The average Bonchev–Trinajstić information content (AvgIpc) is 3.14. The molecule has 2 atom stereocenters. The maximum atomic E-state index is 13.4. The number of halogens is 5. The van der Waals surface area contributed by atoms with Crippen molar-refractivity contribution in [3.63, 3.8) is 0 Å². The van der Waals surface area contributed by atoms with Crippen LogP contribution in [0, 0.1) is 5.41 Å². The normalized spacial score (nSPS) is 31.5. The minimum absolute atomic E-state index is 0.0181. The molecule has 0 unspecified atom stereocenters. The second-order valence-corrected chi connectivity index (χ2v) is 9.35. The van der Waals surface area contributed by atoms with E-state index in [0.29, 0.717) is 22.5 Å². The zero-order valence-electron chi connectivity index (χ0n) is 17.7. The van der Waals surface area contributed by atoms with Gasteiger partial charge >= 0.3 is 12.7 Å². The van der Waals surface area contributed by atoms with E-state index in [2.05, 4.69) is 15.1 Å². The van der Waals surface area contributed by atoms with Crippen LogP contribution in [0.25, 0.3) is 0 Å². The molecule has 13 heteroatoms. The van der Waals surface area contributed by atoms with Crippen LogP contribution in [-0.4, -0.2) is 50.2 Å². The van der Waals surface area contributed by atoms with Crippen LogP contribution < -0.4 is 10.6 Å². The fourth-order valence-electron chi connectivity index (χ4n) is 5.49. The molecule has 3 aliphatic carbocycles. The monoisotopic (exact) mass is 474 g/mol. The van der Waals surface area contributed by atoms with Gasteiger partial charge in [-0.05, 0) is 26.2 Å². The van der Waals surface area contributed by atoms with E-state index in [0.717, 1.165) is 0 Å². The van der Waals surface area contributed by atoms with Crippen LogP contribution in [-0.2, 0) is 16.8 Å². The summed E-state index contributed by atoms with van der Waals surface area (Å²) in [6, 6.07) is 0. The minimum Gasteiger partial charge on any atom is -0.391 e. The predicted octanol–water partition coefficient (Wildman–Crippen LogP) is 3.09. The molecule has 1 aliphatic heterocycles. The van der Waals surface area contributed by atoms with Gasteiger partial charge in [-0.3, -0.25) is 0 Å². The van der Waals surface area contributed by atoms with Crippen molar-refractivity contribution in [2.75, 3.05) is 23.7 Å². The third kappa shape index (κ3) is 3.35. The molecule has 3 heterocycles. The number of nitrogens with two attached hydrogens (primary N) is 1. The van der Waals surface area contributed by atoms with E-state index in [1.54, 1.807) is 11.8 Å². The Morgan fingerprint density at radius 2 is 1.94 bits per heavy atom. The third-order valence-electron chi connectivity index (χ3n) is 7.06. The number of aromatic nitrogens is 4. The molecule has 180 valence electrons. The first-order valence-corrected chi connectivity index (χ1v) is 10.5. The van der Waals surface area contributed by atoms with Crippen molar-refractivity contribution in [1.82, 2.24) is 19.7 Å². The van der Waals surface area contributed by atoms with Crippen LogP contribution in [0.5, 0.6) is 0 Å². The second kappa shape index (κ2) is 7.23. The quantitative estimate of drug-likeness (QED) is 0.642. The van der Waals surface area contributed by atoms with Crippen LogP contribution in [0.2, 0.25) is 0 Å². The molecule has 4 aliphatic rings. The molecule has 33 heavy (non-hydrogen) atoms. The van der Waals surface area contributed by atoms with Gasteiger partial charge in [0.15, 0.2) is 0 Å². The van der Waals surface area contributed by atoms with E-state index in [1.807, 2.05) is 0 Å². The topological polar surface area (TPSA) is 102 Å². The van der Waals surface area contributed by atoms with Crippen molar-refractivity contribution in [2.45, 2.75) is 63.1 Å². The zero-order valence-corrected chi connectivity index (χ0v) is 17.7. The Balaban J connectivity index is 1.43. The Hall–Kier alpha value is -2.54. The Kier molecular flexibility index (Phi) is 4.88. The molecule has 0 amide bonds. The van der Waals surface area contributed by atoms with Crippen LogP contribution in [0.15, 0.2) is 12.4 Å². The number of ether oxygens (including phenoxy) is 1. The fraction of sp³-hybridized carbons (Fsp3) is 0.650. The lowest BCUT2D eigenvalue weighted by atomic mass is 9.33. The fourth-order valence-corrected chi connectivity index (χ4v) is 5.49. The summed E-state index contributed by atoms with van der Waals surface area (Å²) in [6.07, 6.45) is -2.90. The highest BCUT2D eigenvalue weighted by molar-refractivity contribution is 5.53. The van der Waals surface area contributed by atoms with E-state index in [1.165, 1.54) is 12.4 Å². The summed E-state index contributed by atoms with van der Waals surface area (Å²) in [5.41, 5.74) is 4.71. The summed E-state index contributed by atoms with van der Waals surface area (Å²) >= 11 is 0. The minimum atomic E-state index is -4.27. The van der Waals surface area contributed by atoms with Gasteiger partial charge in [-0.1, -0.05) is 0 Å². The van der Waals surface area contributed by atoms with Crippen LogP contribution >= 0.6 is 0 Å². The highest BCUT2D eigenvalue weighted by Gasteiger charge is 2.79. The van der Waals surface area contributed by atoms with Crippen LogP contribution in [0.1, 0.15) is 55.7 Å². The van der Waals surface area contributed by atoms with Gasteiger partial charge in [0.1, 0.15) is 11.9 Å². The molecule has 0 spiro atoms. The van der Waals surface area contributed by atoms with Crippen molar-refractivity contribution in [2.24, 2.45) is 5.41 Å². The number of rotatable bonds is 5. The van der Waals surface area contributed by atoms with Gasteiger partial charge in [-0.25, -0.2) is 9.67 Å². The average molecular weight is 474 g/mol. The van der Waals surface area contributed by atoms with Crippen molar-refractivity contribution in [1.29, 1.82) is 0 Å². The Morgan fingerprint density at radius 1 is 1.24 bits per heavy atom. The predicted molar refractivity (Wildman–Crippen MR) is 105 cm³/mol. The van der Waals surface area contributed by atoms with Gasteiger partial charge in [0.05, 0.1) is 36.6 Å². The second-order valence-electron chi connectivity index (χ2n) is 9.35. The number of alkyl halides is 5. The molecule has 4 fully saturated rings. The Bertz CT molecular complexity index is 1050. The first-order valence-electron chi connectivity index (χ1n) is 10.5. The highest BCUT2D eigenvalue weighted by Crippen LogP contribution is 2.78. The summed E-state index contributed by atoms with van der Waals surface area (Å²) in [4.78, 5) is 10.6. The van der Waals surface area contributed by atoms with Gasteiger partial charge in [-0.2, -0.15) is 32.0 Å². The number of hydrogen-bond donors (Lipinski definition) is 2. The van der Waals surface area contributed by atoms with Crippen molar-refractivity contribution in [3.05, 3.63) is 29.2 Å². The Morgan fingerprint density at radius 3 is 2.52 bits per heavy atom. The number of hydrogen-bond acceptors (Lipinski definition) is 7. The first kappa shape index (κ1) is 22.3. The van der Waals surface area contributed by atoms with Gasteiger partial charge < -0.3 is 20.5 Å². The number of aliphatic hydroxyl groups is 1. The van der Waals surface area contributed by atoms with E-state index in [-0.39, 0.29) is 49.2 Å². The molecule has 0 aromatic carbocycles. The Labute approximate surface area is 185 Å². The van der Waals surface area contributed by atoms with Gasteiger partial charge in [-0.15, -0.1) is 0 Å². The maximum Gasteiger partial charge on any atom is 0.394 e. The molecule has 2 aromatic heterocycles. The molecule has 0 radical (unpaired) electrons. The smallest absolute Gasteiger partial charge is 0.391 e. The molecule has 3 saturated carbocycles. The van der Waals surface area contributed by atoms with Crippen LogP contribution in [0.4, 0.5) is 33.7 Å². The van der Waals surface area contributed by atoms with Crippen molar-refractivity contribution < 1.29 is 31.8 Å². The summed E-state index contributed by atoms with van der Waals surface area (Å²) in [7, 11) is 0. The molecule has 3 N–H and O–H groups in total. The van der Waals surface area contributed by atoms with Gasteiger partial charge in [0.25, 0.3) is 0 Å². The third-order valence-corrected chi connectivity index (χ3v) is 7.06. The zero-order chi connectivity index (χ0) is 23.8. The molecule has 1 saturated heterocycles. The number of nitrogens with zero attached hydrogens (tertiary/aromatic N) is 5. The SMILES string of the molecule is C[C@@H]1CN(c2nc(N)c(CO)c(C34CC(C(F)(F)F)(C3)C4)n2)C[C@H](c2cnn(C(F)F)c2)O1. The standard InChI is InChI=1S/C20H23F5N6O2/c1-10-3-30(5-13(33-10)11-2-27-31(4-11)16(21)22)17-28-14(12(6-32)15(26)29-17)18-7-19(8-18,9-18)20(23,24)25/h2,4,10,13,16,32H,3,5-9H2,1H3,(H2,26,28,29)/t10-,13-,18?,19?/m1/s1. The van der Waals surface area contributed by atoms with Gasteiger partial charge in [0.2, 0.25) is 5.95 Å². The number of aliphatic hydroxyl groups excluding tert-OH is 1. The van der Waals surface area contributed by atoms with Crippen molar-refractivity contribution >= 4 is 11.8 Å². The summed E-state index contributed by atoms with van der Waals surface area (Å²) in [5.74, 6) is 0.233. The lowest BCUT2D eigenvalue weighted by Gasteiger charge is -2.70. The summed E-state index contributed by atoms with van der Waals surface area (Å²) in [6.45, 7) is -0.860. The molecule has 6 rings (SSSR count). The van der Waals surface area contributed by atoms with E-state index in [9.17, 15) is 27.1 Å². The highest BCUT2D eigenvalue weighted by atomic mass is 19.4. The number of anilines is 2. The molecular weight excluding hydrogens is 451 g/mol. The maximum absolute atomic E-state index is 13.4.